The van der Waals surface area contributed by atoms with Gasteiger partial charge in [0.25, 0.3) is 0 Å². The van der Waals surface area contributed by atoms with Crippen molar-refractivity contribution >= 4 is 5.91 Å². The molecule has 0 bridgehead atoms. The standard InChI is InChI=1S/C10H22N2O3/c1-10(2,15-4)8-12-9(13)7-11-5-6-14-3/h11H,5-8H2,1-4H3,(H,12,13). The van der Waals surface area contributed by atoms with Gasteiger partial charge in [-0.3, -0.25) is 4.79 Å². The maximum Gasteiger partial charge on any atom is 0.234 e. The SMILES string of the molecule is COCCNCC(=O)NCC(C)(C)OC. The van der Waals surface area contributed by atoms with Crippen molar-refractivity contribution in [1.29, 1.82) is 0 Å². The van der Waals surface area contributed by atoms with E-state index in [-0.39, 0.29) is 11.5 Å². The van der Waals surface area contributed by atoms with Crippen LogP contribution in [-0.4, -0.2) is 52.0 Å². The average Bonchev–Trinajstić information content (AvgIpc) is 2.22. The molecular weight excluding hydrogens is 196 g/mol. The van der Waals surface area contributed by atoms with E-state index >= 15 is 0 Å². The van der Waals surface area contributed by atoms with Gasteiger partial charge in [0.1, 0.15) is 0 Å². The third kappa shape index (κ3) is 8.35. The van der Waals surface area contributed by atoms with Gasteiger partial charge in [-0.05, 0) is 13.8 Å². The molecule has 2 N–H and O–H groups in total. The lowest BCUT2D eigenvalue weighted by molar-refractivity contribution is -0.121. The van der Waals surface area contributed by atoms with Crippen LogP contribution in [0.3, 0.4) is 0 Å². The first-order chi connectivity index (χ1) is 7.02. The van der Waals surface area contributed by atoms with Crippen molar-refractivity contribution < 1.29 is 14.3 Å². The fraction of sp³-hybridized carbons (Fsp3) is 0.900. The summed E-state index contributed by atoms with van der Waals surface area (Å²) in [4.78, 5) is 11.3. The highest BCUT2D eigenvalue weighted by Gasteiger charge is 2.16. The van der Waals surface area contributed by atoms with Gasteiger partial charge in [0.05, 0.1) is 18.8 Å². The molecule has 0 aliphatic carbocycles. The first kappa shape index (κ1) is 14.3. The van der Waals surface area contributed by atoms with E-state index in [2.05, 4.69) is 10.6 Å². The zero-order chi connectivity index (χ0) is 11.7. The zero-order valence-electron chi connectivity index (χ0n) is 10.1. The van der Waals surface area contributed by atoms with Gasteiger partial charge in [0.2, 0.25) is 5.91 Å². The molecule has 0 fully saturated rings. The number of hydrogen-bond acceptors (Lipinski definition) is 4. The largest absolute Gasteiger partial charge is 0.383 e. The normalized spacial score (nSPS) is 11.5. The third-order valence-electron chi connectivity index (χ3n) is 2.03. The maximum absolute atomic E-state index is 11.3. The van der Waals surface area contributed by atoms with Crippen molar-refractivity contribution in [1.82, 2.24) is 10.6 Å². The van der Waals surface area contributed by atoms with Crippen LogP contribution in [0.15, 0.2) is 0 Å². The highest BCUT2D eigenvalue weighted by Crippen LogP contribution is 2.04. The Morgan fingerprint density at radius 2 is 2.00 bits per heavy atom. The van der Waals surface area contributed by atoms with E-state index in [1.807, 2.05) is 13.8 Å². The molecule has 5 nitrogen and oxygen atoms in total. The van der Waals surface area contributed by atoms with E-state index in [0.717, 1.165) is 0 Å². The number of carbonyl (C=O) groups excluding carboxylic acids is 1. The second kappa shape index (κ2) is 7.62. The Bertz CT molecular complexity index is 184. The predicted molar refractivity (Wildman–Crippen MR) is 58.8 cm³/mol. The van der Waals surface area contributed by atoms with E-state index < -0.39 is 0 Å². The van der Waals surface area contributed by atoms with Gasteiger partial charge in [0.15, 0.2) is 0 Å². The van der Waals surface area contributed by atoms with Crippen LogP contribution < -0.4 is 10.6 Å². The molecule has 0 aliphatic heterocycles. The Hall–Kier alpha value is -0.650. The Kier molecular flexibility index (Phi) is 7.29. The monoisotopic (exact) mass is 218 g/mol. The summed E-state index contributed by atoms with van der Waals surface area (Å²) < 4.78 is 10.0. The van der Waals surface area contributed by atoms with Crippen LogP contribution in [0.4, 0.5) is 0 Å². The van der Waals surface area contributed by atoms with Crippen molar-refractivity contribution in [2.24, 2.45) is 0 Å². The van der Waals surface area contributed by atoms with Gasteiger partial charge in [0, 0.05) is 27.3 Å². The fourth-order valence-corrected chi connectivity index (χ4v) is 0.822. The van der Waals surface area contributed by atoms with E-state index in [1.54, 1.807) is 14.2 Å². The number of ether oxygens (including phenoxy) is 2. The van der Waals surface area contributed by atoms with E-state index in [9.17, 15) is 4.79 Å². The van der Waals surface area contributed by atoms with Crippen molar-refractivity contribution in [2.75, 3.05) is 40.5 Å². The molecule has 1 amide bonds. The summed E-state index contributed by atoms with van der Waals surface area (Å²) in [6.07, 6.45) is 0. The van der Waals surface area contributed by atoms with Crippen LogP contribution in [0.25, 0.3) is 0 Å². The molecule has 90 valence electrons. The number of hydrogen-bond donors (Lipinski definition) is 2. The highest BCUT2D eigenvalue weighted by atomic mass is 16.5. The molecule has 0 aliphatic rings. The predicted octanol–water partition coefficient (Wildman–Crippen LogP) is -0.236. The summed E-state index contributed by atoms with van der Waals surface area (Å²) in [5, 5.41) is 5.75. The quantitative estimate of drug-likeness (QED) is 0.552. The van der Waals surface area contributed by atoms with E-state index in [0.29, 0.717) is 26.2 Å². The Morgan fingerprint density at radius 3 is 2.53 bits per heavy atom. The topological polar surface area (TPSA) is 59.6 Å². The number of amides is 1. The van der Waals surface area contributed by atoms with Crippen LogP contribution >= 0.6 is 0 Å². The van der Waals surface area contributed by atoms with Crippen LogP contribution in [0, 0.1) is 0 Å². The molecule has 0 atom stereocenters. The molecule has 0 radical (unpaired) electrons. The minimum Gasteiger partial charge on any atom is -0.383 e. The summed E-state index contributed by atoms with van der Waals surface area (Å²) in [7, 11) is 3.26. The molecule has 0 spiro atoms. The summed E-state index contributed by atoms with van der Waals surface area (Å²) in [5.74, 6) is -0.0313. The minimum absolute atomic E-state index is 0.0313. The van der Waals surface area contributed by atoms with Gasteiger partial charge in [-0.25, -0.2) is 0 Å². The molecule has 0 aromatic heterocycles. The minimum atomic E-state index is -0.317. The highest BCUT2D eigenvalue weighted by molar-refractivity contribution is 5.78. The Morgan fingerprint density at radius 1 is 1.33 bits per heavy atom. The van der Waals surface area contributed by atoms with Crippen molar-refractivity contribution in [3.05, 3.63) is 0 Å². The second-order valence-electron chi connectivity index (χ2n) is 3.91. The number of methoxy groups -OCH3 is 2. The summed E-state index contributed by atoms with van der Waals surface area (Å²) in [6.45, 7) is 5.95. The molecular formula is C10H22N2O3. The number of nitrogens with one attached hydrogen (secondary N) is 2. The first-order valence-electron chi connectivity index (χ1n) is 5.03. The summed E-state index contributed by atoms with van der Waals surface area (Å²) >= 11 is 0. The fourth-order valence-electron chi connectivity index (χ4n) is 0.822. The molecule has 0 heterocycles. The van der Waals surface area contributed by atoms with Gasteiger partial charge < -0.3 is 20.1 Å². The summed E-state index contributed by atoms with van der Waals surface area (Å²) in [5.41, 5.74) is -0.317. The van der Waals surface area contributed by atoms with Crippen LogP contribution in [-0.2, 0) is 14.3 Å². The third-order valence-corrected chi connectivity index (χ3v) is 2.03. The summed E-state index contributed by atoms with van der Waals surface area (Å²) in [6, 6.07) is 0. The zero-order valence-corrected chi connectivity index (χ0v) is 10.1. The Labute approximate surface area is 91.5 Å². The molecule has 0 saturated heterocycles. The molecule has 0 rings (SSSR count). The molecule has 0 aromatic rings. The second-order valence-corrected chi connectivity index (χ2v) is 3.91. The van der Waals surface area contributed by atoms with Gasteiger partial charge in [-0.15, -0.1) is 0 Å². The van der Waals surface area contributed by atoms with Crippen LogP contribution in [0.2, 0.25) is 0 Å². The van der Waals surface area contributed by atoms with Crippen molar-refractivity contribution in [3.8, 4) is 0 Å². The first-order valence-corrected chi connectivity index (χ1v) is 5.03. The van der Waals surface area contributed by atoms with Gasteiger partial charge in [-0.1, -0.05) is 0 Å². The molecule has 0 aromatic carbocycles. The molecule has 0 unspecified atom stereocenters. The Balaban J connectivity index is 3.49. The number of carbonyl (C=O) groups is 1. The molecule has 0 saturated carbocycles. The lowest BCUT2D eigenvalue weighted by Crippen LogP contribution is -2.43. The van der Waals surface area contributed by atoms with E-state index in [4.69, 9.17) is 9.47 Å². The van der Waals surface area contributed by atoms with E-state index in [1.165, 1.54) is 0 Å². The van der Waals surface area contributed by atoms with Gasteiger partial charge in [-0.2, -0.15) is 0 Å². The molecule has 5 heteroatoms. The van der Waals surface area contributed by atoms with Gasteiger partial charge >= 0.3 is 0 Å². The number of rotatable bonds is 8. The average molecular weight is 218 g/mol. The molecule has 15 heavy (non-hydrogen) atoms. The maximum atomic E-state index is 11.3. The van der Waals surface area contributed by atoms with Crippen molar-refractivity contribution in [2.45, 2.75) is 19.4 Å². The lowest BCUT2D eigenvalue weighted by Gasteiger charge is -2.23. The van der Waals surface area contributed by atoms with Crippen LogP contribution in [0.1, 0.15) is 13.8 Å². The smallest absolute Gasteiger partial charge is 0.234 e. The van der Waals surface area contributed by atoms with Crippen LogP contribution in [0.5, 0.6) is 0 Å². The van der Waals surface area contributed by atoms with Crippen molar-refractivity contribution in [3.63, 3.8) is 0 Å². The lowest BCUT2D eigenvalue weighted by atomic mass is 10.1.